The third-order valence-corrected chi connectivity index (χ3v) is 5.73. The molecule has 0 radical (unpaired) electrons. The molecule has 0 unspecified atom stereocenters. The summed E-state index contributed by atoms with van der Waals surface area (Å²) in [7, 11) is 0. The summed E-state index contributed by atoms with van der Waals surface area (Å²) in [6.07, 6.45) is -1.74. The van der Waals surface area contributed by atoms with Gasteiger partial charge in [0.2, 0.25) is 5.91 Å². The predicted molar refractivity (Wildman–Crippen MR) is 96.1 cm³/mol. The summed E-state index contributed by atoms with van der Waals surface area (Å²) in [5.41, 5.74) is 0. The van der Waals surface area contributed by atoms with Crippen molar-refractivity contribution in [1.29, 1.82) is 0 Å². The largest absolute Gasteiger partial charge is 0.388 e. The van der Waals surface area contributed by atoms with Crippen LogP contribution in [-0.2, 0) is 14.3 Å². The molecule has 0 saturated carbocycles. The SMILES string of the molecule is CC1CCN(C(=O)C[C@@H]2O[C@H](CNC(=O)N3CCOCC3)[C@@H](O)[C@H]2O)CC1. The fourth-order valence-electron chi connectivity index (χ4n) is 3.79. The minimum atomic E-state index is -1.14. The molecule has 154 valence electrons. The van der Waals surface area contributed by atoms with E-state index in [0.717, 1.165) is 25.9 Å². The summed E-state index contributed by atoms with van der Waals surface area (Å²) in [4.78, 5) is 28.0. The number of rotatable bonds is 4. The summed E-state index contributed by atoms with van der Waals surface area (Å²) < 4.78 is 10.9. The van der Waals surface area contributed by atoms with E-state index < -0.39 is 24.4 Å². The zero-order chi connectivity index (χ0) is 19.4. The van der Waals surface area contributed by atoms with Gasteiger partial charge in [-0.2, -0.15) is 0 Å². The molecule has 3 aliphatic heterocycles. The van der Waals surface area contributed by atoms with Crippen LogP contribution in [0, 0.1) is 5.92 Å². The Labute approximate surface area is 159 Å². The van der Waals surface area contributed by atoms with Crippen molar-refractivity contribution in [3.05, 3.63) is 0 Å². The van der Waals surface area contributed by atoms with E-state index in [-0.39, 0.29) is 24.9 Å². The first kappa shape index (κ1) is 20.3. The Morgan fingerprint density at radius 1 is 1.00 bits per heavy atom. The summed E-state index contributed by atoms with van der Waals surface area (Å²) in [5.74, 6) is 0.569. The smallest absolute Gasteiger partial charge is 0.317 e. The quantitative estimate of drug-likeness (QED) is 0.582. The standard InChI is InChI=1S/C18H31N3O6/c1-12-2-4-20(5-3-12)15(22)10-13-16(23)17(24)14(27-13)11-19-18(25)21-6-8-26-9-7-21/h12-14,16-17,23-24H,2-11H2,1H3,(H,19,25)/t13-,14+,16-,17+/m0/s1. The lowest BCUT2D eigenvalue weighted by molar-refractivity contribution is -0.136. The average molecular weight is 385 g/mol. The fraction of sp³-hybridized carbons (Fsp3) is 0.889. The molecule has 0 aliphatic carbocycles. The number of aliphatic hydroxyl groups excluding tert-OH is 2. The van der Waals surface area contributed by atoms with Crippen molar-refractivity contribution in [3.63, 3.8) is 0 Å². The number of aliphatic hydroxyl groups is 2. The lowest BCUT2D eigenvalue weighted by Gasteiger charge is -2.31. The number of urea groups is 1. The Hall–Kier alpha value is -1.42. The number of amides is 3. The molecule has 0 aromatic heterocycles. The van der Waals surface area contributed by atoms with Crippen LogP contribution in [0.5, 0.6) is 0 Å². The zero-order valence-electron chi connectivity index (χ0n) is 15.9. The number of likely N-dealkylation sites (tertiary alicyclic amines) is 1. The molecule has 9 nitrogen and oxygen atoms in total. The van der Waals surface area contributed by atoms with E-state index in [4.69, 9.17) is 9.47 Å². The minimum Gasteiger partial charge on any atom is -0.388 e. The van der Waals surface area contributed by atoms with Crippen LogP contribution in [0.3, 0.4) is 0 Å². The van der Waals surface area contributed by atoms with Crippen molar-refractivity contribution in [3.8, 4) is 0 Å². The maximum absolute atomic E-state index is 12.5. The number of nitrogens with one attached hydrogen (secondary N) is 1. The maximum atomic E-state index is 12.5. The molecule has 3 heterocycles. The molecule has 3 N–H and O–H groups in total. The Bertz CT molecular complexity index is 519. The van der Waals surface area contributed by atoms with Gasteiger partial charge < -0.3 is 34.8 Å². The highest BCUT2D eigenvalue weighted by atomic mass is 16.5. The molecule has 27 heavy (non-hydrogen) atoms. The van der Waals surface area contributed by atoms with Crippen LogP contribution >= 0.6 is 0 Å². The van der Waals surface area contributed by atoms with Gasteiger partial charge in [-0.15, -0.1) is 0 Å². The number of carbonyl (C=O) groups is 2. The van der Waals surface area contributed by atoms with Gasteiger partial charge in [0.1, 0.15) is 18.3 Å². The van der Waals surface area contributed by atoms with E-state index in [1.165, 1.54) is 0 Å². The normalized spacial score (nSPS) is 32.6. The Morgan fingerprint density at radius 2 is 1.63 bits per heavy atom. The van der Waals surface area contributed by atoms with Crippen molar-refractivity contribution in [2.45, 2.75) is 50.6 Å². The van der Waals surface area contributed by atoms with Gasteiger partial charge in [-0.05, 0) is 18.8 Å². The van der Waals surface area contributed by atoms with Gasteiger partial charge in [-0.25, -0.2) is 4.79 Å². The van der Waals surface area contributed by atoms with E-state index in [2.05, 4.69) is 12.2 Å². The maximum Gasteiger partial charge on any atom is 0.317 e. The fourth-order valence-corrected chi connectivity index (χ4v) is 3.79. The Morgan fingerprint density at radius 3 is 2.30 bits per heavy atom. The first-order valence-corrected chi connectivity index (χ1v) is 9.85. The molecule has 0 spiro atoms. The third kappa shape index (κ3) is 5.10. The Kier molecular flexibility index (Phi) is 6.91. The molecule has 9 heteroatoms. The first-order valence-electron chi connectivity index (χ1n) is 9.85. The summed E-state index contributed by atoms with van der Waals surface area (Å²) in [6, 6.07) is -0.245. The first-order chi connectivity index (χ1) is 13.0. The summed E-state index contributed by atoms with van der Waals surface area (Å²) >= 11 is 0. The molecule has 3 saturated heterocycles. The van der Waals surface area contributed by atoms with Crippen LogP contribution in [0.15, 0.2) is 0 Å². The summed E-state index contributed by atoms with van der Waals surface area (Å²) in [6.45, 7) is 5.78. The van der Waals surface area contributed by atoms with E-state index in [9.17, 15) is 19.8 Å². The van der Waals surface area contributed by atoms with Crippen LogP contribution in [0.4, 0.5) is 4.79 Å². The van der Waals surface area contributed by atoms with E-state index >= 15 is 0 Å². The number of morpholine rings is 1. The minimum absolute atomic E-state index is 0.0422. The number of piperidine rings is 1. The van der Waals surface area contributed by atoms with Gasteiger partial charge in [0.05, 0.1) is 25.7 Å². The number of hydrogen-bond acceptors (Lipinski definition) is 6. The molecule has 0 aromatic carbocycles. The van der Waals surface area contributed by atoms with E-state index in [0.29, 0.717) is 32.2 Å². The van der Waals surface area contributed by atoms with Crippen molar-refractivity contribution in [2.75, 3.05) is 45.9 Å². The Balaban J connectivity index is 1.45. The van der Waals surface area contributed by atoms with Gasteiger partial charge >= 0.3 is 6.03 Å². The van der Waals surface area contributed by atoms with Crippen molar-refractivity contribution in [2.24, 2.45) is 5.92 Å². The van der Waals surface area contributed by atoms with Crippen LogP contribution < -0.4 is 5.32 Å². The van der Waals surface area contributed by atoms with Gasteiger partial charge in [-0.1, -0.05) is 6.92 Å². The van der Waals surface area contributed by atoms with E-state index in [1.807, 2.05) is 0 Å². The molecule has 0 bridgehead atoms. The number of ether oxygens (including phenoxy) is 2. The van der Waals surface area contributed by atoms with Crippen LogP contribution in [-0.4, -0.2) is 102 Å². The average Bonchev–Trinajstić information content (AvgIpc) is 2.95. The molecule has 3 fully saturated rings. The molecular formula is C18H31N3O6. The lowest BCUT2D eigenvalue weighted by Crippen LogP contribution is -2.49. The molecular weight excluding hydrogens is 354 g/mol. The second kappa shape index (κ2) is 9.18. The van der Waals surface area contributed by atoms with Gasteiger partial charge in [0.25, 0.3) is 0 Å². The highest BCUT2D eigenvalue weighted by molar-refractivity contribution is 5.77. The lowest BCUT2D eigenvalue weighted by atomic mass is 9.98. The van der Waals surface area contributed by atoms with Gasteiger partial charge in [0.15, 0.2) is 0 Å². The molecule has 3 rings (SSSR count). The number of nitrogens with zero attached hydrogens (tertiary/aromatic N) is 2. The van der Waals surface area contributed by atoms with Crippen LogP contribution in [0.25, 0.3) is 0 Å². The third-order valence-electron chi connectivity index (χ3n) is 5.73. The second-order valence-electron chi connectivity index (χ2n) is 7.75. The van der Waals surface area contributed by atoms with Gasteiger partial charge in [0, 0.05) is 32.7 Å². The van der Waals surface area contributed by atoms with Crippen LogP contribution in [0.2, 0.25) is 0 Å². The second-order valence-corrected chi connectivity index (χ2v) is 7.75. The number of hydrogen-bond donors (Lipinski definition) is 3. The highest BCUT2D eigenvalue weighted by Crippen LogP contribution is 2.25. The highest BCUT2D eigenvalue weighted by Gasteiger charge is 2.44. The molecule has 4 atom stereocenters. The van der Waals surface area contributed by atoms with Crippen molar-refractivity contribution < 1.29 is 29.3 Å². The molecule has 3 amide bonds. The van der Waals surface area contributed by atoms with Gasteiger partial charge in [-0.3, -0.25) is 4.79 Å². The number of carbonyl (C=O) groups excluding carboxylic acids is 2. The molecule has 0 aromatic rings. The topological polar surface area (TPSA) is 112 Å². The predicted octanol–water partition coefficient (Wildman–Crippen LogP) is -0.834. The molecule has 3 aliphatic rings. The van der Waals surface area contributed by atoms with Crippen molar-refractivity contribution in [1.82, 2.24) is 15.1 Å². The van der Waals surface area contributed by atoms with Crippen molar-refractivity contribution >= 4 is 11.9 Å². The van der Waals surface area contributed by atoms with E-state index in [1.54, 1.807) is 9.80 Å². The van der Waals surface area contributed by atoms with Crippen LogP contribution in [0.1, 0.15) is 26.2 Å². The zero-order valence-corrected chi connectivity index (χ0v) is 15.9. The monoisotopic (exact) mass is 385 g/mol. The summed E-state index contributed by atoms with van der Waals surface area (Å²) in [5, 5.41) is 23.2.